The number of halogens is 1. The molecule has 2 rings (SSSR count). The predicted octanol–water partition coefficient (Wildman–Crippen LogP) is 3.80. The maximum absolute atomic E-state index is 12.0. The lowest BCUT2D eigenvalue weighted by atomic mass is 10.2. The Morgan fingerprint density at radius 1 is 1.12 bits per heavy atom. The van der Waals surface area contributed by atoms with Crippen LogP contribution in [0.15, 0.2) is 46.9 Å². The Morgan fingerprint density at radius 3 is 2.52 bits per heavy atom. The van der Waals surface area contributed by atoms with Crippen LogP contribution in [0.2, 0.25) is 0 Å². The van der Waals surface area contributed by atoms with Gasteiger partial charge in [0.05, 0.1) is 6.10 Å². The Kier molecular flexibility index (Phi) is 6.58. The van der Waals surface area contributed by atoms with Gasteiger partial charge in [-0.05, 0) is 50.6 Å². The molecule has 2 N–H and O–H groups in total. The molecule has 0 radical (unpaired) electrons. The van der Waals surface area contributed by atoms with Crippen LogP contribution in [-0.4, -0.2) is 17.9 Å². The highest BCUT2D eigenvalue weighted by Gasteiger charge is 2.15. The summed E-state index contributed by atoms with van der Waals surface area (Å²) < 4.78 is 6.64. The van der Waals surface area contributed by atoms with Gasteiger partial charge in [-0.1, -0.05) is 34.1 Å². The summed E-state index contributed by atoms with van der Waals surface area (Å²) in [7, 11) is 0. The van der Waals surface area contributed by atoms with Gasteiger partial charge in [0.15, 0.2) is 0 Å². The Balaban J connectivity index is 1.96. The molecule has 0 aliphatic carbocycles. The third-order valence-electron chi connectivity index (χ3n) is 3.40. The molecule has 132 valence electrons. The monoisotopic (exact) mass is 404 g/mol. The first kappa shape index (κ1) is 19.0. The van der Waals surface area contributed by atoms with E-state index in [0.717, 1.165) is 15.6 Å². The normalized spacial score (nSPS) is 10.4. The summed E-state index contributed by atoms with van der Waals surface area (Å²) >= 11 is 3.40. The van der Waals surface area contributed by atoms with E-state index in [2.05, 4.69) is 26.6 Å². The van der Waals surface area contributed by atoms with Crippen LogP contribution in [0.3, 0.4) is 0 Å². The number of rotatable bonds is 5. The summed E-state index contributed by atoms with van der Waals surface area (Å²) in [5.74, 6) is -0.703. The van der Waals surface area contributed by atoms with Gasteiger partial charge >= 0.3 is 11.8 Å². The van der Waals surface area contributed by atoms with Crippen molar-refractivity contribution in [2.45, 2.75) is 33.4 Å². The zero-order chi connectivity index (χ0) is 18.4. The average Bonchev–Trinajstić information content (AvgIpc) is 2.56. The molecule has 0 aromatic heterocycles. The first-order chi connectivity index (χ1) is 11.9. The third kappa shape index (κ3) is 5.60. The number of hydrogen-bond donors (Lipinski definition) is 2. The lowest BCUT2D eigenvalue weighted by Crippen LogP contribution is -2.35. The van der Waals surface area contributed by atoms with E-state index in [9.17, 15) is 9.59 Å². The van der Waals surface area contributed by atoms with E-state index >= 15 is 0 Å². The Morgan fingerprint density at radius 2 is 1.84 bits per heavy atom. The number of carbonyl (C=O) groups is 2. The van der Waals surface area contributed by atoms with Gasteiger partial charge in [-0.25, -0.2) is 0 Å². The maximum atomic E-state index is 12.0. The molecule has 0 unspecified atom stereocenters. The Hall–Kier alpha value is -2.34. The fourth-order valence-corrected chi connectivity index (χ4v) is 2.43. The van der Waals surface area contributed by atoms with Crippen molar-refractivity contribution < 1.29 is 14.3 Å². The topological polar surface area (TPSA) is 67.4 Å². The average molecular weight is 405 g/mol. The lowest BCUT2D eigenvalue weighted by Gasteiger charge is -2.14. The molecule has 6 heteroatoms. The maximum Gasteiger partial charge on any atom is 0.313 e. The minimum atomic E-state index is -0.705. The molecular weight excluding hydrogens is 384 g/mol. The molecule has 0 bridgehead atoms. The highest BCUT2D eigenvalue weighted by atomic mass is 79.9. The summed E-state index contributed by atoms with van der Waals surface area (Å²) in [6.45, 7) is 5.99. The number of benzene rings is 2. The van der Waals surface area contributed by atoms with Gasteiger partial charge in [0, 0.05) is 22.3 Å². The van der Waals surface area contributed by atoms with E-state index in [1.54, 1.807) is 12.1 Å². The van der Waals surface area contributed by atoms with Crippen LogP contribution in [0, 0.1) is 6.92 Å². The van der Waals surface area contributed by atoms with Gasteiger partial charge in [-0.3, -0.25) is 9.59 Å². The number of amides is 2. The van der Waals surface area contributed by atoms with E-state index < -0.39 is 11.8 Å². The van der Waals surface area contributed by atoms with Gasteiger partial charge in [-0.15, -0.1) is 0 Å². The van der Waals surface area contributed by atoms with E-state index in [4.69, 9.17) is 4.74 Å². The summed E-state index contributed by atoms with van der Waals surface area (Å²) in [6.07, 6.45) is 0.0285. The number of aryl methyl sites for hydroxylation is 1. The van der Waals surface area contributed by atoms with Crippen molar-refractivity contribution in [3.63, 3.8) is 0 Å². The number of anilines is 1. The zero-order valence-electron chi connectivity index (χ0n) is 14.4. The summed E-state index contributed by atoms with van der Waals surface area (Å²) in [4.78, 5) is 24.1. The fraction of sp³-hybridized carbons (Fsp3) is 0.263. The fourth-order valence-electron chi connectivity index (χ4n) is 2.18. The lowest BCUT2D eigenvalue weighted by molar-refractivity contribution is -0.136. The molecule has 0 atom stereocenters. The van der Waals surface area contributed by atoms with Crippen LogP contribution in [0.1, 0.15) is 25.0 Å². The van der Waals surface area contributed by atoms with E-state index in [-0.39, 0.29) is 12.6 Å². The first-order valence-corrected chi connectivity index (χ1v) is 8.76. The van der Waals surface area contributed by atoms with Gasteiger partial charge in [0.25, 0.3) is 0 Å². The summed E-state index contributed by atoms with van der Waals surface area (Å²) in [6, 6.07) is 12.8. The zero-order valence-corrected chi connectivity index (χ0v) is 16.0. The molecule has 0 spiro atoms. The minimum absolute atomic E-state index is 0.0285. The summed E-state index contributed by atoms with van der Waals surface area (Å²) in [5.41, 5.74) is 2.36. The van der Waals surface area contributed by atoms with Crippen molar-refractivity contribution in [1.82, 2.24) is 5.32 Å². The molecule has 2 aromatic carbocycles. The SMILES string of the molecule is Cc1cc(NC(=O)C(=O)NCc2ccccc2OC(C)C)ccc1Br. The van der Waals surface area contributed by atoms with Crippen LogP contribution in [0.5, 0.6) is 5.75 Å². The molecule has 2 amide bonds. The molecule has 0 aliphatic heterocycles. The molecule has 0 aliphatic rings. The number of ether oxygens (including phenoxy) is 1. The van der Waals surface area contributed by atoms with Gasteiger partial charge in [0.1, 0.15) is 5.75 Å². The van der Waals surface area contributed by atoms with Crippen LogP contribution in [-0.2, 0) is 16.1 Å². The summed E-state index contributed by atoms with van der Waals surface area (Å²) in [5, 5.41) is 5.21. The molecule has 0 saturated carbocycles. The first-order valence-electron chi connectivity index (χ1n) is 7.96. The minimum Gasteiger partial charge on any atom is -0.491 e. The van der Waals surface area contributed by atoms with E-state index in [0.29, 0.717) is 11.4 Å². The number of nitrogens with one attached hydrogen (secondary N) is 2. The highest BCUT2D eigenvalue weighted by Crippen LogP contribution is 2.20. The van der Waals surface area contributed by atoms with Crippen LogP contribution < -0.4 is 15.4 Å². The molecule has 0 saturated heterocycles. The second-order valence-corrected chi connectivity index (χ2v) is 6.73. The largest absolute Gasteiger partial charge is 0.491 e. The number of para-hydroxylation sites is 1. The predicted molar refractivity (Wildman–Crippen MR) is 102 cm³/mol. The molecule has 25 heavy (non-hydrogen) atoms. The second-order valence-electron chi connectivity index (χ2n) is 5.88. The van der Waals surface area contributed by atoms with Gasteiger partial charge in [0.2, 0.25) is 0 Å². The van der Waals surface area contributed by atoms with Gasteiger partial charge < -0.3 is 15.4 Å². The van der Waals surface area contributed by atoms with Crippen LogP contribution >= 0.6 is 15.9 Å². The van der Waals surface area contributed by atoms with Crippen molar-refractivity contribution in [2.24, 2.45) is 0 Å². The Bertz CT molecular complexity index is 775. The van der Waals surface area contributed by atoms with Crippen molar-refractivity contribution >= 4 is 33.4 Å². The van der Waals surface area contributed by atoms with E-state index in [1.807, 2.05) is 51.1 Å². The third-order valence-corrected chi connectivity index (χ3v) is 4.29. The second kappa shape index (κ2) is 8.67. The smallest absolute Gasteiger partial charge is 0.313 e. The molecule has 2 aromatic rings. The molecule has 0 fully saturated rings. The van der Waals surface area contributed by atoms with Crippen LogP contribution in [0.25, 0.3) is 0 Å². The molecule has 0 heterocycles. The highest BCUT2D eigenvalue weighted by molar-refractivity contribution is 9.10. The van der Waals surface area contributed by atoms with Crippen molar-refractivity contribution in [3.8, 4) is 5.75 Å². The standard InChI is InChI=1S/C19H21BrN2O3/c1-12(2)25-17-7-5-4-6-14(17)11-21-18(23)19(24)22-15-8-9-16(20)13(3)10-15/h4-10,12H,11H2,1-3H3,(H,21,23)(H,22,24). The molecule has 5 nitrogen and oxygen atoms in total. The van der Waals surface area contributed by atoms with Crippen molar-refractivity contribution in [2.75, 3.05) is 5.32 Å². The molecular formula is C19H21BrN2O3. The van der Waals surface area contributed by atoms with Crippen molar-refractivity contribution in [1.29, 1.82) is 0 Å². The van der Waals surface area contributed by atoms with Crippen molar-refractivity contribution in [3.05, 3.63) is 58.1 Å². The van der Waals surface area contributed by atoms with Gasteiger partial charge in [-0.2, -0.15) is 0 Å². The van der Waals surface area contributed by atoms with E-state index in [1.165, 1.54) is 0 Å². The Labute approximate surface area is 155 Å². The quantitative estimate of drug-likeness (QED) is 0.744. The number of carbonyl (C=O) groups excluding carboxylic acids is 2. The van der Waals surface area contributed by atoms with Crippen LogP contribution in [0.4, 0.5) is 5.69 Å². The number of hydrogen-bond acceptors (Lipinski definition) is 3.